The molecule has 0 bridgehead atoms. The Labute approximate surface area is 78.9 Å². The van der Waals surface area contributed by atoms with Gasteiger partial charge in [0.05, 0.1) is 5.75 Å². The molecule has 0 N–H and O–H groups in total. The van der Waals surface area contributed by atoms with Crippen molar-refractivity contribution in [1.82, 2.24) is 0 Å². The predicted octanol–water partition coefficient (Wildman–Crippen LogP) is 2.87. The number of hydrogen-bond acceptors (Lipinski definition) is 3. The van der Waals surface area contributed by atoms with Crippen LogP contribution < -0.4 is 4.65 Å². The van der Waals surface area contributed by atoms with Gasteiger partial charge in [-0.3, -0.25) is 0 Å². The van der Waals surface area contributed by atoms with Crippen molar-refractivity contribution in [1.29, 1.82) is 0 Å². The van der Waals surface area contributed by atoms with Crippen LogP contribution in [0.2, 0.25) is 0 Å². The van der Waals surface area contributed by atoms with Crippen LogP contribution >= 0.6 is 31.3 Å². The molecule has 1 aromatic rings. The molecule has 11 heavy (non-hydrogen) atoms. The smallest absolute Gasteiger partial charge is 0.420 e. The molecule has 0 saturated carbocycles. The Hall–Kier alpha value is 0.0749. The minimum Gasteiger partial charge on any atom is -0.552 e. The fourth-order valence-corrected chi connectivity index (χ4v) is 1.43. The number of hydrogen-bond donors (Lipinski definition) is 0. The van der Waals surface area contributed by atoms with E-state index < -0.39 is 0 Å². The lowest BCUT2D eigenvalue weighted by atomic mass is 10.3. The molecular weight excluding hydrogens is 198 g/mol. The minimum absolute atomic E-state index is 0.582. The fraction of sp³-hybridized carbons (Fsp3) is 0. The molecule has 1 nitrogen and oxygen atoms in total. The Morgan fingerprint density at radius 1 is 1.27 bits per heavy atom. The zero-order valence-corrected chi connectivity index (χ0v) is 8.09. The van der Waals surface area contributed by atoms with Crippen LogP contribution in [0.3, 0.4) is 0 Å². The Balaban J connectivity index is 2.28. The Morgan fingerprint density at radius 3 is 2.64 bits per heavy atom. The number of benzene rings is 1. The Morgan fingerprint density at radius 2 is 2.00 bits per heavy atom. The second-order valence-electron chi connectivity index (χ2n) is 1.76. The van der Waals surface area contributed by atoms with Gasteiger partial charge in [0.15, 0.2) is 0 Å². The van der Waals surface area contributed by atoms with E-state index >= 15 is 0 Å². The zero-order valence-electron chi connectivity index (χ0n) is 5.70. The molecule has 0 radical (unpaired) electrons. The molecule has 0 heterocycles. The summed E-state index contributed by atoms with van der Waals surface area (Å²) in [6.45, 7) is 0.582. The first kappa shape index (κ1) is 9.17. The van der Waals surface area contributed by atoms with E-state index in [0.717, 1.165) is 5.75 Å². The standard InChI is InChI=1S/C6H6BClOS2/c8-11-10-7-9-6-4-2-1-3-5-6/h1-5,7H. The SMILES string of the molecule is ClSSBOc1ccccc1. The second-order valence-corrected chi connectivity index (χ2v) is 4.57. The normalized spacial score (nSPS) is 9.18. The molecule has 0 spiro atoms. The molecular formula is C6H6BClOS2. The monoisotopic (exact) mass is 204 g/mol. The van der Waals surface area contributed by atoms with Gasteiger partial charge in [-0.05, 0) is 22.8 Å². The van der Waals surface area contributed by atoms with Crippen LogP contribution in [-0.2, 0) is 0 Å². The van der Waals surface area contributed by atoms with E-state index in [1.165, 1.54) is 20.7 Å². The maximum atomic E-state index is 5.37. The first-order valence-corrected chi connectivity index (χ1v) is 6.16. The lowest BCUT2D eigenvalue weighted by molar-refractivity contribution is 0.611. The predicted molar refractivity (Wildman–Crippen MR) is 55.3 cm³/mol. The van der Waals surface area contributed by atoms with Gasteiger partial charge in [0.25, 0.3) is 0 Å². The average molecular weight is 205 g/mol. The van der Waals surface area contributed by atoms with Crippen molar-refractivity contribution in [2.24, 2.45) is 0 Å². The maximum Gasteiger partial charge on any atom is 0.420 e. The van der Waals surface area contributed by atoms with Crippen LogP contribution in [-0.4, -0.2) is 6.76 Å². The summed E-state index contributed by atoms with van der Waals surface area (Å²) in [4.78, 5) is 0. The molecule has 0 saturated heterocycles. The summed E-state index contributed by atoms with van der Waals surface area (Å²) in [6.07, 6.45) is 0. The second kappa shape index (κ2) is 5.69. The molecule has 1 rings (SSSR count). The third kappa shape index (κ3) is 3.84. The van der Waals surface area contributed by atoms with Gasteiger partial charge in [-0.2, -0.15) is 0 Å². The van der Waals surface area contributed by atoms with Gasteiger partial charge < -0.3 is 4.65 Å². The lowest BCUT2D eigenvalue weighted by Crippen LogP contribution is -1.94. The van der Waals surface area contributed by atoms with Gasteiger partial charge in [-0.1, -0.05) is 28.8 Å². The van der Waals surface area contributed by atoms with E-state index in [1.54, 1.807) is 0 Å². The van der Waals surface area contributed by atoms with Crippen molar-refractivity contribution in [2.45, 2.75) is 0 Å². The third-order valence-corrected chi connectivity index (χ3v) is 2.72. The first-order chi connectivity index (χ1) is 5.43. The quantitative estimate of drug-likeness (QED) is 0.424. The summed E-state index contributed by atoms with van der Waals surface area (Å²) in [6, 6.07) is 9.66. The van der Waals surface area contributed by atoms with Crippen molar-refractivity contribution in [3.05, 3.63) is 30.3 Å². The highest BCUT2D eigenvalue weighted by molar-refractivity contribution is 8.92. The van der Waals surface area contributed by atoms with Gasteiger partial charge in [-0.15, -0.1) is 0 Å². The molecule has 1 aromatic carbocycles. The summed E-state index contributed by atoms with van der Waals surface area (Å²) >= 11 is 0. The van der Waals surface area contributed by atoms with Crippen molar-refractivity contribution in [2.75, 3.05) is 0 Å². The highest BCUT2D eigenvalue weighted by Crippen LogP contribution is 2.24. The number of para-hydroxylation sites is 1. The third-order valence-electron chi connectivity index (χ3n) is 1.06. The van der Waals surface area contributed by atoms with E-state index in [0.29, 0.717) is 6.76 Å². The van der Waals surface area contributed by atoms with Crippen LogP contribution in [0, 0.1) is 0 Å². The van der Waals surface area contributed by atoms with Crippen LogP contribution in [0.4, 0.5) is 0 Å². The zero-order chi connectivity index (χ0) is 7.94. The minimum atomic E-state index is 0.582. The largest absolute Gasteiger partial charge is 0.552 e. The summed E-state index contributed by atoms with van der Waals surface area (Å²) in [7, 11) is 8.01. The van der Waals surface area contributed by atoms with E-state index in [1.807, 2.05) is 30.3 Å². The van der Waals surface area contributed by atoms with E-state index in [2.05, 4.69) is 0 Å². The molecule has 5 heteroatoms. The fourth-order valence-electron chi connectivity index (χ4n) is 0.627. The van der Waals surface area contributed by atoms with Crippen LogP contribution in [0.5, 0.6) is 5.75 Å². The molecule has 0 aromatic heterocycles. The molecule has 0 aliphatic rings. The molecule has 0 fully saturated rings. The lowest BCUT2D eigenvalue weighted by Gasteiger charge is -2.00. The average Bonchev–Trinajstić information content (AvgIpc) is 2.07. The van der Waals surface area contributed by atoms with E-state index in [9.17, 15) is 0 Å². The van der Waals surface area contributed by atoms with Crippen LogP contribution in [0.25, 0.3) is 0 Å². The van der Waals surface area contributed by atoms with Crippen LogP contribution in [0.1, 0.15) is 0 Å². The van der Waals surface area contributed by atoms with Crippen molar-refractivity contribution in [3.8, 4) is 5.75 Å². The van der Waals surface area contributed by atoms with E-state index in [4.69, 9.17) is 15.3 Å². The van der Waals surface area contributed by atoms with Gasteiger partial charge in [-0.25, -0.2) is 0 Å². The van der Waals surface area contributed by atoms with Gasteiger partial charge in [0.1, 0.15) is 0 Å². The summed E-state index contributed by atoms with van der Waals surface area (Å²) < 4.78 is 5.30. The van der Waals surface area contributed by atoms with E-state index in [-0.39, 0.29) is 0 Å². The molecule has 0 aliphatic heterocycles. The summed E-state index contributed by atoms with van der Waals surface area (Å²) in [5, 5.41) is 0. The van der Waals surface area contributed by atoms with Crippen molar-refractivity contribution < 1.29 is 4.65 Å². The Bertz CT molecular complexity index is 197. The topological polar surface area (TPSA) is 9.23 Å². The van der Waals surface area contributed by atoms with Gasteiger partial charge in [0, 0.05) is 10.0 Å². The maximum absolute atomic E-state index is 5.37. The Kier molecular flexibility index (Phi) is 4.74. The van der Waals surface area contributed by atoms with Crippen molar-refractivity contribution in [3.63, 3.8) is 0 Å². The number of rotatable bonds is 4. The van der Waals surface area contributed by atoms with Gasteiger partial charge in [0.2, 0.25) is 0 Å². The molecule has 0 aliphatic carbocycles. The highest BCUT2D eigenvalue weighted by Gasteiger charge is 1.93. The molecule has 0 amide bonds. The molecule has 58 valence electrons. The first-order valence-electron chi connectivity index (χ1n) is 3.01. The highest BCUT2D eigenvalue weighted by atomic mass is 35.7. The van der Waals surface area contributed by atoms with Crippen LogP contribution in [0.15, 0.2) is 30.3 Å². The van der Waals surface area contributed by atoms with Crippen molar-refractivity contribution >= 4 is 38.1 Å². The molecule has 0 atom stereocenters. The molecule has 0 unspecified atom stereocenters. The number of halogens is 1. The summed E-state index contributed by atoms with van der Waals surface area (Å²) in [5.41, 5.74) is 0. The van der Waals surface area contributed by atoms with Gasteiger partial charge >= 0.3 is 6.76 Å². The summed E-state index contributed by atoms with van der Waals surface area (Å²) in [5.74, 6) is 0.880.